The van der Waals surface area contributed by atoms with Crippen LogP contribution < -0.4 is 5.73 Å². The first-order chi connectivity index (χ1) is 10.5. The molecule has 0 spiro atoms. The maximum Gasteiger partial charge on any atom is 0.199 e. The minimum atomic E-state index is -2.09. The van der Waals surface area contributed by atoms with Gasteiger partial charge >= 0.3 is 0 Å². The van der Waals surface area contributed by atoms with Gasteiger partial charge in [0.15, 0.2) is 23.3 Å². The van der Waals surface area contributed by atoms with E-state index in [0.717, 1.165) is 0 Å². The molecule has 21 heavy (non-hydrogen) atoms. The Kier molecular flexibility index (Phi) is 2.76. The van der Waals surface area contributed by atoms with E-state index in [1.807, 2.05) is 6.40 Å². The molecule has 0 radical (unpaired) electrons. The molecule has 2 aromatic rings. The van der Waals surface area contributed by atoms with Crippen LogP contribution in [0.3, 0.4) is 0 Å². The fourth-order valence-electron chi connectivity index (χ4n) is 2.37. The van der Waals surface area contributed by atoms with E-state index >= 15 is 0 Å². The molecule has 1 aliphatic rings. The number of aliphatic hydroxyl groups excluding tert-OH is 2. The van der Waals surface area contributed by atoms with Gasteiger partial charge in [-0.15, -0.1) is 6.40 Å². The van der Waals surface area contributed by atoms with Gasteiger partial charge < -0.3 is 25.8 Å². The summed E-state index contributed by atoms with van der Waals surface area (Å²) in [5.41, 5.74) is 4.17. The maximum atomic E-state index is 10.6. The molecule has 0 amide bonds. The summed E-state index contributed by atoms with van der Waals surface area (Å²) in [6.07, 6.45) is 0.568. The minimum absolute atomic E-state index is 0.149. The molecule has 4 atom stereocenters. The van der Waals surface area contributed by atoms with Crippen molar-refractivity contribution in [2.24, 2.45) is 0 Å². The number of nitrogens with zero attached hydrogens (tertiary/aromatic N) is 4. The first-order valence-electron chi connectivity index (χ1n) is 6.56. The van der Waals surface area contributed by atoms with Crippen molar-refractivity contribution in [3.63, 3.8) is 0 Å². The lowest BCUT2D eigenvalue weighted by atomic mass is 9.95. The Bertz CT molecular complexity index is 772. The van der Waals surface area contributed by atoms with Crippen LogP contribution in [0, 0.1) is 12.3 Å². The van der Waals surface area contributed by atoms with Crippen molar-refractivity contribution in [3.05, 3.63) is 12.7 Å². The third kappa shape index (κ3) is 1.78. The van der Waals surface area contributed by atoms with Crippen LogP contribution in [0.1, 0.15) is 7.60 Å². The molecule has 0 aliphatic carbocycles. The van der Waals surface area contributed by atoms with Crippen molar-refractivity contribution < 1.29 is 21.4 Å². The molecule has 1 aliphatic heterocycles. The Morgan fingerprint density at radius 1 is 1.57 bits per heavy atom. The molecule has 2 aromatic heterocycles. The van der Waals surface area contributed by atoms with Crippen molar-refractivity contribution in [2.75, 3.05) is 12.3 Å². The van der Waals surface area contributed by atoms with Gasteiger partial charge in [0.05, 0.1) is 12.9 Å². The molecule has 0 bridgehead atoms. The Hall–Kier alpha value is -2.25. The first-order valence-corrected chi connectivity index (χ1v) is 6.06. The summed E-state index contributed by atoms with van der Waals surface area (Å²) in [4.78, 5) is 11.9. The maximum absolute atomic E-state index is 10.6. The second kappa shape index (κ2) is 4.64. The number of fused-ring (bicyclic) bond motifs is 1. The van der Waals surface area contributed by atoms with E-state index in [9.17, 15) is 15.3 Å². The van der Waals surface area contributed by atoms with Crippen molar-refractivity contribution >= 4 is 17.0 Å². The highest BCUT2D eigenvalue weighted by Gasteiger charge is 2.55. The van der Waals surface area contributed by atoms with Gasteiger partial charge in [0.25, 0.3) is 0 Å². The molecule has 3 heterocycles. The number of terminal acetylenes is 1. The molecular formula is C12H13N5O4. The van der Waals surface area contributed by atoms with Crippen LogP contribution in [0.15, 0.2) is 12.7 Å². The summed E-state index contributed by atoms with van der Waals surface area (Å²) >= 11 is 0. The SMILES string of the molecule is [2H]C#C[C@@]1(O)C(n2cnc3c(N)ncnc32)O[C@H](CO)[C@H]1O. The molecular weight excluding hydrogens is 278 g/mol. The highest BCUT2D eigenvalue weighted by atomic mass is 16.6. The summed E-state index contributed by atoms with van der Waals surface area (Å²) in [7, 11) is 0. The van der Waals surface area contributed by atoms with Gasteiger partial charge in [-0.2, -0.15) is 0 Å². The Balaban J connectivity index is 2.15. The predicted molar refractivity (Wildman–Crippen MR) is 70.5 cm³/mol. The third-order valence-corrected chi connectivity index (χ3v) is 3.50. The molecule has 1 saturated heterocycles. The summed E-state index contributed by atoms with van der Waals surface area (Å²) in [5, 5.41) is 30.0. The van der Waals surface area contributed by atoms with E-state index in [1.54, 1.807) is 0 Å². The number of aliphatic hydroxyl groups is 3. The first kappa shape index (κ1) is 12.5. The van der Waals surface area contributed by atoms with Gasteiger partial charge in [0.2, 0.25) is 0 Å². The van der Waals surface area contributed by atoms with Crippen LogP contribution in [-0.2, 0) is 4.74 Å². The second-order valence-corrected chi connectivity index (χ2v) is 4.69. The zero-order valence-electron chi connectivity index (χ0n) is 11.7. The second-order valence-electron chi connectivity index (χ2n) is 4.69. The van der Waals surface area contributed by atoms with E-state index in [-0.39, 0.29) is 11.5 Å². The Morgan fingerprint density at radius 3 is 3.10 bits per heavy atom. The molecule has 0 saturated carbocycles. The van der Waals surface area contributed by atoms with E-state index in [1.165, 1.54) is 17.2 Å². The van der Waals surface area contributed by atoms with Crippen LogP contribution in [0.4, 0.5) is 5.82 Å². The van der Waals surface area contributed by atoms with Crippen LogP contribution in [-0.4, -0.2) is 59.3 Å². The predicted octanol–water partition coefficient (Wildman–Crippen LogP) is -1.98. The molecule has 9 heteroatoms. The largest absolute Gasteiger partial charge is 0.394 e. The molecule has 0 aromatic carbocycles. The van der Waals surface area contributed by atoms with Crippen LogP contribution >= 0.6 is 0 Å². The minimum Gasteiger partial charge on any atom is -0.394 e. The average molecular weight is 292 g/mol. The number of nitrogen functional groups attached to an aromatic ring is 1. The molecule has 1 unspecified atom stereocenters. The van der Waals surface area contributed by atoms with E-state index < -0.39 is 30.6 Å². The zero-order valence-corrected chi connectivity index (χ0v) is 10.7. The van der Waals surface area contributed by atoms with E-state index in [4.69, 9.17) is 11.8 Å². The van der Waals surface area contributed by atoms with E-state index in [0.29, 0.717) is 5.52 Å². The molecule has 110 valence electrons. The number of hydrogen-bond acceptors (Lipinski definition) is 8. The lowest BCUT2D eigenvalue weighted by molar-refractivity contribution is -0.0721. The molecule has 9 nitrogen and oxygen atoms in total. The van der Waals surface area contributed by atoms with Crippen LogP contribution in [0.2, 0.25) is 0 Å². The lowest BCUT2D eigenvalue weighted by Gasteiger charge is -2.26. The number of anilines is 1. The Labute approximate surface area is 120 Å². The summed E-state index contributed by atoms with van der Waals surface area (Å²) in [6.45, 7) is -0.524. The Morgan fingerprint density at radius 2 is 2.38 bits per heavy atom. The van der Waals surface area contributed by atoms with Gasteiger partial charge in [-0.3, -0.25) is 4.57 Å². The van der Waals surface area contributed by atoms with Gasteiger partial charge in [-0.05, 0) is 0 Å². The van der Waals surface area contributed by atoms with Crippen molar-refractivity contribution in [1.82, 2.24) is 19.5 Å². The molecule has 5 N–H and O–H groups in total. The number of rotatable bonds is 2. The highest BCUT2D eigenvalue weighted by Crippen LogP contribution is 2.39. The number of nitrogens with two attached hydrogens (primary N) is 1. The van der Waals surface area contributed by atoms with Crippen LogP contribution in [0.5, 0.6) is 0 Å². The quantitative estimate of drug-likeness (QED) is 0.467. The van der Waals surface area contributed by atoms with Gasteiger partial charge in [-0.25, -0.2) is 15.0 Å². The smallest absolute Gasteiger partial charge is 0.199 e. The monoisotopic (exact) mass is 292 g/mol. The van der Waals surface area contributed by atoms with Gasteiger partial charge in [0.1, 0.15) is 25.4 Å². The van der Waals surface area contributed by atoms with E-state index in [2.05, 4.69) is 20.9 Å². The van der Waals surface area contributed by atoms with Crippen molar-refractivity contribution in [2.45, 2.75) is 24.0 Å². The third-order valence-electron chi connectivity index (χ3n) is 3.50. The topological polar surface area (TPSA) is 140 Å². The van der Waals surface area contributed by atoms with Gasteiger partial charge in [-0.1, -0.05) is 5.92 Å². The fraction of sp³-hybridized carbons (Fsp3) is 0.417. The normalized spacial score (nSPS) is 32.7. The number of ether oxygens (including phenoxy) is 1. The highest BCUT2D eigenvalue weighted by molar-refractivity contribution is 5.81. The van der Waals surface area contributed by atoms with Crippen LogP contribution in [0.25, 0.3) is 11.2 Å². The average Bonchev–Trinajstić information content (AvgIpc) is 3.02. The van der Waals surface area contributed by atoms with Gasteiger partial charge in [0, 0.05) is 0 Å². The molecule has 3 rings (SSSR count). The lowest BCUT2D eigenvalue weighted by Crippen LogP contribution is -2.45. The summed E-state index contributed by atoms with van der Waals surface area (Å²) < 4.78 is 13.8. The standard InChI is InChI=1S/C12H13N5O4/c1-2-12(20)8(19)6(3-18)21-11(12)17-5-16-7-9(13)14-4-15-10(7)17/h1,4-6,8,11,18-20H,3H2,(H2,13,14,15)/t6-,8-,11?,12+/m1/s1/i1D. The number of imidazole rings is 1. The number of aromatic nitrogens is 4. The summed E-state index contributed by atoms with van der Waals surface area (Å²) in [6, 6.07) is 0. The van der Waals surface area contributed by atoms with Crippen molar-refractivity contribution in [1.29, 1.82) is 0 Å². The fourth-order valence-corrected chi connectivity index (χ4v) is 2.37. The summed E-state index contributed by atoms with van der Waals surface area (Å²) in [5.74, 6) is 2.36. The zero-order chi connectivity index (χ0) is 15.9. The van der Waals surface area contributed by atoms with Crippen molar-refractivity contribution in [3.8, 4) is 12.3 Å². The molecule has 1 fully saturated rings. The number of hydrogen-bond donors (Lipinski definition) is 4.